The second kappa shape index (κ2) is 7.70. The Bertz CT molecular complexity index is 818. The lowest BCUT2D eigenvalue weighted by molar-refractivity contribution is -0.137. The van der Waals surface area contributed by atoms with Gasteiger partial charge in [-0.1, -0.05) is 18.2 Å². The average Bonchev–Trinajstić information content (AvgIpc) is 3.15. The van der Waals surface area contributed by atoms with Gasteiger partial charge in [-0.25, -0.2) is 4.79 Å². The Balaban J connectivity index is 2.08. The predicted octanol–water partition coefficient (Wildman–Crippen LogP) is 3.86. The first kappa shape index (κ1) is 19.4. The van der Waals surface area contributed by atoms with E-state index < -0.39 is 17.7 Å². The normalized spacial score (nSPS) is 19.9. The van der Waals surface area contributed by atoms with Crippen LogP contribution in [0.3, 0.4) is 0 Å². The summed E-state index contributed by atoms with van der Waals surface area (Å²) in [6.07, 6.45) is -4.55. The molecule has 0 amide bonds. The number of carbonyl (C=O) groups excluding carboxylic acids is 1. The van der Waals surface area contributed by atoms with E-state index in [1.165, 1.54) is 13.2 Å². The SMILES string of the molecule is COC(=O)c1ccc(-c2cc(C(F)(F)F)ccc2C2CNCC2OC)cc1. The molecule has 2 atom stereocenters. The highest BCUT2D eigenvalue weighted by atomic mass is 19.4. The number of hydrogen-bond donors (Lipinski definition) is 1. The van der Waals surface area contributed by atoms with Crippen LogP contribution in [-0.4, -0.2) is 39.4 Å². The summed E-state index contributed by atoms with van der Waals surface area (Å²) in [5, 5.41) is 3.22. The molecule has 1 aliphatic heterocycles. The zero-order chi connectivity index (χ0) is 19.6. The molecule has 144 valence electrons. The third-order valence-electron chi connectivity index (χ3n) is 4.86. The van der Waals surface area contributed by atoms with Crippen molar-refractivity contribution in [2.45, 2.75) is 18.2 Å². The molecule has 1 heterocycles. The summed E-state index contributed by atoms with van der Waals surface area (Å²) in [5.74, 6) is -0.558. The van der Waals surface area contributed by atoms with Gasteiger partial charge >= 0.3 is 12.1 Å². The fraction of sp³-hybridized carbons (Fsp3) is 0.350. The minimum atomic E-state index is -4.44. The van der Waals surface area contributed by atoms with Crippen molar-refractivity contribution in [3.63, 3.8) is 0 Å². The minimum absolute atomic E-state index is 0.0624. The van der Waals surface area contributed by atoms with E-state index in [2.05, 4.69) is 10.1 Å². The van der Waals surface area contributed by atoms with Gasteiger partial charge in [-0.05, 0) is 41.0 Å². The summed E-state index contributed by atoms with van der Waals surface area (Å²) in [6, 6.07) is 10.2. The van der Waals surface area contributed by atoms with Gasteiger partial charge in [0, 0.05) is 26.1 Å². The fourth-order valence-electron chi connectivity index (χ4n) is 3.42. The zero-order valence-electron chi connectivity index (χ0n) is 15.0. The van der Waals surface area contributed by atoms with Gasteiger partial charge in [0.2, 0.25) is 0 Å². The highest BCUT2D eigenvalue weighted by molar-refractivity contribution is 5.90. The largest absolute Gasteiger partial charge is 0.465 e. The number of halogens is 3. The number of hydrogen-bond acceptors (Lipinski definition) is 4. The first-order valence-electron chi connectivity index (χ1n) is 8.48. The molecular weight excluding hydrogens is 359 g/mol. The second-order valence-corrected chi connectivity index (χ2v) is 6.41. The number of esters is 1. The van der Waals surface area contributed by atoms with E-state index in [0.29, 0.717) is 29.8 Å². The van der Waals surface area contributed by atoms with Crippen molar-refractivity contribution in [2.24, 2.45) is 0 Å². The van der Waals surface area contributed by atoms with Crippen LogP contribution in [0.4, 0.5) is 13.2 Å². The number of alkyl halides is 3. The van der Waals surface area contributed by atoms with E-state index in [4.69, 9.17) is 4.74 Å². The fourth-order valence-corrected chi connectivity index (χ4v) is 3.42. The van der Waals surface area contributed by atoms with Crippen LogP contribution in [0.15, 0.2) is 42.5 Å². The summed E-state index contributed by atoms with van der Waals surface area (Å²) in [6.45, 7) is 1.26. The number of carbonyl (C=O) groups is 1. The molecule has 27 heavy (non-hydrogen) atoms. The number of rotatable bonds is 4. The summed E-state index contributed by atoms with van der Waals surface area (Å²) >= 11 is 0. The quantitative estimate of drug-likeness (QED) is 0.820. The van der Waals surface area contributed by atoms with Crippen molar-refractivity contribution in [1.82, 2.24) is 5.32 Å². The highest BCUT2D eigenvalue weighted by Gasteiger charge is 2.34. The Hall–Kier alpha value is -2.38. The van der Waals surface area contributed by atoms with E-state index >= 15 is 0 Å². The Kier molecular flexibility index (Phi) is 5.53. The van der Waals surface area contributed by atoms with Crippen LogP contribution in [0.1, 0.15) is 27.4 Å². The molecule has 2 aromatic carbocycles. The van der Waals surface area contributed by atoms with Gasteiger partial charge in [0.25, 0.3) is 0 Å². The molecule has 0 spiro atoms. The van der Waals surface area contributed by atoms with E-state index in [-0.39, 0.29) is 12.0 Å². The molecule has 2 unspecified atom stereocenters. The maximum atomic E-state index is 13.3. The molecule has 2 aromatic rings. The van der Waals surface area contributed by atoms with E-state index in [9.17, 15) is 18.0 Å². The first-order valence-corrected chi connectivity index (χ1v) is 8.48. The first-order chi connectivity index (χ1) is 12.8. The van der Waals surface area contributed by atoms with E-state index in [1.807, 2.05) is 0 Å². The van der Waals surface area contributed by atoms with Gasteiger partial charge in [0.1, 0.15) is 0 Å². The Morgan fingerprint density at radius 3 is 2.37 bits per heavy atom. The van der Waals surface area contributed by atoms with Crippen LogP contribution in [0, 0.1) is 0 Å². The lowest BCUT2D eigenvalue weighted by atomic mass is 9.87. The van der Waals surface area contributed by atoms with E-state index in [1.54, 1.807) is 31.4 Å². The monoisotopic (exact) mass is 379 g/mol. The predicted molar refractivity (Wildman–Crippen MR) is 94.6 cm³/mol. The number of methoxy groups -OCH3 is 2. The third-order valence-corrected chi connectivity index (χ3v) is 4.86. The topological polar surface area (TPSA) is 47.6 Å². The van der Waals surface area contributed by atoms with Crippen molar-refractivity contribution in [3.8, 4) is 11.1 Å². The van der Waals surface area contributed by atoms with Crippen molar-refractivity contribution >= 4 is 5.97 Å². The molecule has 7 heteroatoms. The maximum absolute atomic E-state index is 13.3. The highest BCUT2D eigenvalue weighted by Crippen LogP contribution is 2.38. The molecule has 3 rings (SSSR count). The van der Waals surface area contributed by atoms with Crippen LogP contribution in [-0.2, 0) is 15.7 Å². The number of nitrogens with one attached hydrogen (secondary N) is 1. The standard InChI is InChI=1S/C20H20F3NO3/c1-26-18-11-24-10-17(18)15-8-7-14(20(21,22)23)9-16(15)12-3-5-13(6-4-12)19(25)27-2/h3-9,17-18,24H,10-11H2,1-2H3. The molecule has 0 aliphatic carbocycles. The van der Waals surface area contributed by atoms with Crippen LogP contribution in [0.5, 0.6) is 0 Å². The van der Waals surface area contributed by atoms with Crippen LogP contribution < -0.4 is 5.32 Å². The van der Waals surface area contributed by atoms with Crippen molar-refractivity contribution in [2.75, 3.05) is 27.3 Å². The minimum Gasteiger partial charge on any atom is -0.465 e. The molecule has 4 nitrogen and oxygen atoms in total. The van der Waals surface area contributed by atoms with Gasteiger partial charge < -0.3 is 14.8 Å². The van der Waals surface area contributed by atoms with Crippen molar-refractivity contribution in [1.29, 1.82) is 0 Å². The zero-order valence-corrected chi connectivity index (χ0v) is 15.0. The maximum Gasteiger partial charge on any atom is 0.416 e. The Morgan fingerprint density at radius 1 is 1.07 bits per heavy atom. The number of benzene rings is 2. The summed E-state index contributed by atoms with van der Waals surface area (Å²) in [5.41, 5.74) is 1.50. The molecule has 1 fully saturated rings. The molecule has 1 aliphatic rings. The van der Waals surface area contributed by atoms with Gasteiger partial charge in [-0.15, -0.1) is 0 Å². The van der Waals surface area contributed by atoms with Crippen LogP contribution in [0.25, 0.3) is 11.1 Å². The van der Waals surface area contributed by atoms with Gasteiger partial charge in [-0.3, -0.25) is 0 Å². The summed E-state index contributed by atoms with van der Waals surface area (Å²) in [4.78, 5) is 11.6. The molecule has 0 bridgehead atoms. The summed E-state index contributed by atoms with van der Waals surface area (Å²) in [7, 11) is 2.87. The van der Waals surface area contributed by atoms with Crippen molar-refractivity contribution < 1.29 is 27.4 Å². The lowest BCUT2D eigenvalue weighted by Crippen LogP contribution is -2.20. The van der Waals surface area contributed by atoms with Crippen molar-refractivity contribution in [3.05, 3.63) is 59.2 Å². The molecule has 0 aromatic heterocycles. The Morgan fingerprint density at radius 2 is 1.78 bits per heavy atom. The smallest absolute Gasteiger partial charge is 0.416 e. The second-order valence-electron chi connectivity index (χ2n) is 6.41. The summed E-state index contributed by atoms with van der Waals surface area (Å²) < 4.78 is 49.9. The van der Waals surface area contributed by atoms with Gasteiger partial charge in [0.15, 0.2) is 0 Å². The molecule has 0 saturated carbocycles. The molecule has 1 N–H and O–H groups in total. The molecule has 1 saturated heterocycles. The van der Waals surface area contributed by atoms with Crippen LogP contribution in [0.2, 0.25) is 0 Å². The van der Waals surface area contributed by atoms with Crippen LogP contribution >= 0.6 is 0 Å². The number of ether oxygens (including phenoxy) is 2. The van der Waals surface area contributed by atoms with Gasteiger partial charge in [-0.2, -0.15) is 13.2 Å². The lowest BCUT2D eigenvalue weighted by Gasteiger charge is -2.22. The van der Waals surface area contributed by atoms with Gasteiger partial charge in [0.05, 0.1) is 24.3 Å². The van der Waals surface area contributed by atoms with E-state index in [0.717, 1.165) is 17.7 Å². The Labute approximate surface area is 155 Å². The molecular formula is C20H20F3NO3. The third kappa shape index (κ3) is 3.99. The average molecular weight is 379 g/mol. The molecule has 0 radical (unpaired) electrons.